The van der Waals surface area contributed by atoms with Crippen LogP contribution in [0.3, 0.4) is 0 Å². The average Bonchev–Trinajstić information content (AvgIpc) is 2.92. The number of rotatable bonds is 3. The summed E-state index contributed by atoms with van der Waals surface area (Å²) in [5.41, 5.74) is 0. The summed E-state index contributed by atoms with van der Waals surface area (Å²) in [6.45, 7) is 0.845. The molecule has 0 N–H and O–H groups in total. The monoisotopic (exact) mass is 275 g/mol. The molecular weight excluding hydrogens is 254 g/mol. The Balaban J connectivity index is 2.06. The van der Waals surface area contributed by atoms with Gasteiger partial charge < -0.3 is 4.74 Å². The van der Waals surface area contributed by atoms with Crippen LogP contribution >= 0.6 is 0 Å². The minimum Gasteiger partial charge on any atom is -0.469 e. The van der Waals surface area contributed by atoms with Crippen molar-refractivity contribution < 1.29 is 17.9 Å². The van der Waals surface area contributed by atoms with Crippen molar-refractivity contribution in [3.05, 3.63) is 0 Å². The van der Waals surface area contributed by atoms with E-state index in [1.54, 1.807) is 0 Å². The zero-order chi connectivity index (χ0) is 13.2. The largest absolute Gasteiger partial charge is 0.469 e. The summed E-state index contributed by atoms with van der Waals surface area (Å²) in [5, 5.41) is -0.228. The lowest BCUT2D eigenvalue weighted by Gasteiger charge is -2.32. The quantitative estimate of drug-likeness (QED) is 0.725. The Morgan fingerprint density at radius 3 is 2.44 bits per heavy atom. The Morgan fingerprint density at radius 1 is 1.17 bits per heavy atom. The van der Waals surface area contributed by atoms with E-state index in [9.17, 15) is 13.2 Å². The van der Waals surface area contributed by atoms with Crippen molar-refractivity contribution >= 4 is 16.0 Å². The van der Waals surface area contributed by atoms with Gasteiger partial charge in [-0.15, -0.1) is 0 Å². The molecule has 1 saturated carbocycles. The SMILES string of the molecule is COC(=O)C1CCCN(S(=O)(=O)C2CCCC2)C1. The molecule has 2 fully saturated rings. The average molecular weight is 275 g/mol. The van der Waals surface area contributed by atoms with Crippen LogP contribution in [0.5, 0.6) is 0 Å². The number of methoxy groups -OCH3 is 1. The van der Waals surface area contributed by atoms with E-state index in [0.29, 0.717) is 13.1 Å². The first kappa shape index (κ1) is 13.8. The third-order valence-corrected chi connectivity index (χ3v) is 6.37. The fraction of sp³-hybridized carbons (Fsp3) is 0.917. The van der Waals surface area contributed by atoms with Crippen LogP contribution in [0.25, 0.3) is 0 Å². The second-order valence-electron chi connectivity index (χ2n) is 5.17. The third-order valence-electron chi connectivity index (χ3n) is 4.00. The number of piperidine rings is 1. The molecule has 104 valence electrons. The van der Waals surface area contributed by atoms with Gasteiger partial charge in [-0.25, -0.2) is 12.7 Å². The maximum Gasteiger partial charge on any atom is 0.309 e. The van der Waals surface area contributed by atoms with Crippen molar-refractivity contribution in [2.75, 3.05) is 20.2 Å². The molecular formula is C12H21NO4S. The summed E-state index contributed by atoms with van der Waals surface area (Å²) in [4.78, 5) is 11.5. The predicted molar refractivity (Wildman–Crippen MR) is 67.5 cm³/mol. The van der Waals surface area contributed by atoms with Crippen LogP contribution in [0.4, 0.5) is 0 Å². The van der Waals surface area contributed by atoms with Gasteiger partial charge in [-0.3, -0.25) is 4.79 Å². The molecule has 1 aliphatic carbocycles. The van der Waals surface area contributed by atoms with E-state index >= 15 is 0 Å². The van der Waals surface area contributed by atoms with E-state index in [-0.39, 0.29) is 17.1 Å². The number of carbonyl (C=O) groups excluding carboxylic acids is 1. The number of carbonyl (C=O) groups is 1. The first-order chi connectivity index (χ1) is 8.55. The van der Waals surface area contributed by atoms with Gasteiger partial charge >= 0.3 is 5.97 Å². The Kier molecular flexibility index (Phi) is 4.27. The maximum atomic E-state index is 12.4. The van der Waals surface area contributed by atoms with Crippen molar-refractivity contribution in [2.45, 2.75) is 43.8 Å². The zero-order valence-corrected chi connectivity index (χ0v) is 11.6. The van der Waals surface area contributed by atoms with Crippen molar-refractivity contribution in [3.8, 4) is 0 Å². The zero-order valence-electron chi connectivity index (χ0n) is 10.8. The molecule has 1 aliphatic heterocycles. The fourth-order valence-corrected chi connectivity index (χ4v) is 5.05. The van der Waals surface area contributed by atoms with Gasteiger partial charge in [-0.05, 0) is 25.7 Å². The van der Waals surface area contributed by atoms with Crippen LogP contribution in [0.1, 0.15) is 38.5 Å². The molecule has 1 unspecified atom stereocenters. The molecule has 1 saturated heterocycles. The van der Waals surface area contributed by atoms with E-state index in [4.69, 9.17) is 4.74 Å². The Bertz CT molecular complexity index is 400. The van der Waals surface area contributed by atoms with Gasteiger partial charge in [0.05, 0.1) is 18.3 Å². The van der Waals surface area contributed by atoms with Crippen molar-refractivity contribution in [2.24, 2.45) is 5.92 Å². The molecule has 2 aliphatic rings. The Labute approximate surface area is 109 Å². The molecule has 0 spiro atoms. The molecule has 0 aromatic carbocycles. The van der Waals surface area contributed by atoms with Crippen LogP contribution in [-0.2, 0) is 19.6 Å². The van der Waals surface area contributed by atoms with Gasteiger partial charge in [0.25, 0.3) is 0 Å². The number of esters is 1. The molecule has 1 atom stereocenters. The smallest absolute Gasteiger partial charge is 0.309 e. The molecule has 0 aromatic rings. The first-order valence-corrected chi connectivity index (χ1v) is 8.13. The molecule has 18 heavy (non-hydrogen) atoms. The lowest BCUT2D eigenvalue weighted by Crippen LogP contribution is -2.45. The van der Waals surface area contributed by atoms with Crippen molar-refractivity contribution in [3.63, 3.8) is 0 Å². The van der Waals surface area contributed by atoms with Crippen molar-refractivity contribution in [1.29, 1.82) is 0 Å². The van der Waals surface area contributed by atoms with Gasteiger partial charge in [0.2, 0.25) is 10.0 Å². The Hall–Kier alpha value is -0.620. The summed E-state index contributed by atoms with van der Waals surface area (Å²) < 4.78 is 31.1. The van der Waals surface area contributed by atoms with Crippen LogP contribution in [0.2, 0.25) is 0 Å². The van der Waals surface area contributed by atoms with Crippen molar-refractivity contribution in [1.82, 2.24) is 4.31 Å². The standard InChI is InChI=1S/C12H21NO4S/c1-17-12(14)10-5-4-8-13(9-10)18(15,16)11-6-2-3-7-11/h10-11H,2-9H2,1H3. The van der Waals surface area contributed by atoms with Crippen LogP contribution < -0.4 is 0 Å². The highest BCUT2D eigenvalue weighted by Crippen LogP contribution is 2.30. The topological polar surface area (TPSA) is 63.7 Å². The summed E-state index contributed by atoms with van der Waals surface area (Å²) in [6, 6.07) is 0. The molecule has 1 heterocycles. The lowest BCUT2D eigenvalue weighted by molar-refractivity contribution is -0.146. The van der Waals surface area contributed by atoms with Gasteiger partial charge in [-0.1, -0.05) is 12.8 Å². The molecule has 0 radical (unpaired) electrons. The highest BCUT2D eigenvalue weighted by atomic mass is 32.2. The van der Waals surface area contributed by atoms with E-state index in [1.165, 1.54) is 11.4 Å². The summed E-state index contributed by atoms with van der Waals surface area (Å²) >= 11 is 0. The third kappa shape index (κ3) is 2.69. The van der Waals surface area contributed by atoms with Crippen LogP contribution in [-0.4, -0.2) is 44.1 Å². The summed E-state index contributed by atoms with van der Waals surface area (Å²) in [6.07, 6.45) is 4.99. The van der Waals surface area contributed by atoms with Gasteiger partial charge in [0, 0.05) is 13.1 Å². The normalized spacial score (nSPS) is 27.3. The molecule has 0 aromatic heterocycles. The second-order valence-corrected chi connectivity index (χ2v) is 7.38. The van der Waals surface area contributed by atoms with Crippen LogP contribution in [0.15, 0.2) is 0 Å². The van der Waals surface area contributed by atoms with E-state index in [1.807, 2.05) is 0 Å². The van der Waals surface area contributed by atoms with E-state index in [2.05, 4.69) is 0 Å². The summed E-state index contributed by atoms with van der Waals surface area (Å²) in [5.74, 6) is -0.582. The highest BCUT2D eigenvalue weighted by molar-refractivity contribution is 7.89. The molecule has 0 amide bonds. The molecule has 0 bridgehead atoms. The van der Waals surface area contributed by atoms with Gasteiger partial charge in [0.15, 0.2) is 0 Å². The summed E-state index contributed by atoms with van der Waals surface area (Å²) in [7, 11) is -1.86. The van der Waals surface area contributed by atoms with Gasteiger partial charge in [-0.2, -0.15) is 0 Å². The lowest BCUT2D eigenvalue weighted by atomic mass is 10.0. The molecule has 6 heteroatoms. The minimum atomic E-state index is -3.21. The van der Waals surface area contributed by atoms with Gasteiger partial charge in [0.1, 0.15) is 0 Å². The maximum absolute atomic E-state index is 12.4. The van der Waals surface area contributed by atoms with Crippen LogP contribution in [0, 0.1) is 5.92 Å². The number of nitrogens with zero attached hydrogens (tertiary/aromatic N) is 1. The fourth-order valence-electron chi connectivity index (χ4n) is 2.93. The molecule has 5 nitrogen and oxygen atoms in total. The first-order valence-electron chi connectivity index (χ1n) is 6.62. The number of ether oxygens (including phenoxy) is 1. The van der Waals surface area contributed by atoms with E-state index < -0.39 is 10.0 Å². The number of sulfonamides is 1. The minimum absolute atomic E-state index is 0.228. The predicted octanol–water partition coefficient (Wildman–Crippen LogP) is 1.14. The Morgan fingerprint density at radius 2 is 1.83 bits per heavy atom. The number of hydrogen-bond acceptors (Lipinski definition) is 4. The van der Waals surface area contributed by atoms with E-state index in [0.717, 1.165) is 38.5 Å². The molecule has 2 rings (SSSR count). The highest BCUT2D eigenvalue weighted by Gasteiger charge is 2.38. The second kappa shape index (κ2) is 5.57. The number of hydrogen-bond donors (Lipinski definition) is 0.